The molecular weight excluding hydrogens is 230 g/mol. The molecule has 0 aliphatic carbocycles. The molecule has 0 saturated heterocycles. The Morgan fingerprint density at radius 2 is 1.94 bits per heavy atom. The summed E-state index contributed by atoms with van der Waals surface area (Å²) in [5.74, 6) is -1.16. The SMILES string of the molecule is CCN(CC)c1ccc(CC(C)C(=O)O)c(O)c1. The van der Waals surface area contributed by atoms with E-state index >= 15 is 0 Å². The zero-order valence-corrected chi connectivity index (χ0v) is 11.2. The van der Waals surface area contributed by atoms with Crippen LogP contribution in [0.1, 0.15) is 26.3 Å². The van der Waals surface area contributed by atoms with Crippen molar-refractivity contribution in [2.45, 2.75) is 27.2 Å². The van der Waals surface area contributed by atoms with E-state index in [1.807, 2.05) is 12.1 Å². The van der Waals surface area contributed by atoms with Gasteiger partial charge in [-0.15, -0.1) is 0 Å². The molecule has 0 radical (unpaired) electrons. The summed E-state index contributed by atoms with van der Waals surface area (Å²) in [6.45, 7) is 7.50. The third-order valence-electron chi connectivity index (χ3n) is 3.15. The van der Waals surface area contributed by atoms with E-state index in [0.717, 1.165) is 18.8 Å². The molecule has 1 unspecified atom stereocenters. The van der Waals surface area contributed by atoms with Crippen molar-refractivity contribution in [3.63, 3.8) is 0 Å². The number of aromatic hydroxyl groups is 1. The summed E-state index contributed by atoms with van der Waals surface area (Å²) < 4.78 is 0. The topological polar surface area (TPSA) is 60.8 Å². The minimum Gasteiger partial charge on any atom is -0.508 e. The molecule has 0 heterocycles. The highest BCUT2D eigenvalue weighted by atomic mass is 16.4. The van der Waals surface area contributed by atoms with Gasteiger partial charge >= 0.3 is 5.97 Å². The van der Waals surface area contributed by atoms with Crippen molar-refractivity contribution in [2.75, 3.05) is 18.0 Å². The maximum absolute atomic E-state index is 10.8. The van der Waals surface area contributed by atoms with Gasteiger partial charge in [-0.05, 0) is 31.9 Å². The molecule has 0 aliphatic heterocycles. The Labute approximate surface area is 108 Å². The summed E-state index contributed by atoms with van der Waals surface area (Å²) in [4.78, 5) is 12.9. The fourth-order valence-corrected chi connectivity index (χ4v) is 1.93. The predicted octanol–water partition coefficient (Wildman–Crippen LogP) is 2.50. The number of carboxylic acid groups (broad SMARTS) is 1. The van der Waals surface area contributed by atoms with E-state index in [2.05, 4.69) is 18.7 Å². The molecule has 0 bridgehead atoms. The lowest BCUT2D eigenvalue weighted by molar-refractivity contribution is -0.141. The van der Waals surface area contributed by atoms with Crippen LogP contribution >= 0.6 is 0 Å². The Bertz CT molecular complexity index is 414. The highest BCUT2D eigenvalue weighted by molar-refractivity contribution is 5.70. The number of nitrogens with zero attached hydrogens (tertiary/aromatic N) is 1. The van der Waals surface area contributed by atoms with Crippen LogP contribution < -0.4 is 4.90 Å². The summed E-state index contributed by atoms with van der Waals surface area (Å²) in [6, 6.07) is 5.44. The van der Waals surface area contributed by atoms with E-state index in [4.69, 9.17) is 5.11 Å². The smallest absolute Gasteiger partial charge is 0.306 e. The van der Waals surface area contributed by atoms with Gasteiger partial charge in [0, 0.05) is 24.8 Å². The molecule has 0 aromatic heterocycles. The van der Waals surface area contributed by atoms with Crippen molar-refractivity contribution in [2.24, 2.45) is 5.92 Å². The Morgan fingerprint density at radius 3 is 2.39 bits per heavy atom. The quantitative estimate of drug-likeness (QED) is 0.815. The molecule has 1 atom stereocenters. The lowest BCUT2D eigenvalue weighted by Crippen LogP contribution is -2.21. The Balaban J connectivity index is 2.89. The molecular formula is C14H21NO3. The van der Waals surface area contributed by atoms with Gasteiger partial charge in [0.25, 0.3) is 0 Å². The molecule has 4 nitrogen and oxygen atoms in total. The van der Waals surface area contributed by atoms with Crippen molar-refractivity contribution >= 4 is 11.7 Å². The third kappa shape index (κ3) is 3.39. The zero-order valence-electron chi connectivity index (χ0n) is 11.2. The van der Waals surface area contributed by atoms with Crippen LogP contribution in [0, 0.1) is 5.92 Å². The Morgan fingerprint density at radius 1 is 1.33 bits per heavy atom. The van der Waals surface area contributed by atoms with Crippen LogP contribution in [0.25, 0.3) is 0 Å². The number of anilines is 1. The number of phenols is 1. The van der Waals surface area contributed by atoms with Crippen LogP contribution in [0.4, 0.5) is 5.69 Å². The van der Waals surface area contributed by atoms with E-state index in [1.165, 1.54) is 0 Å². The maximum atomic E-state index is 10.8. The van der Waals surface area contributed by atoms with Crippen LogP contribution in [0.5, 0.6) is 5.75 Å². The fraction of sp³-hybridized carbons (Fsp3) is 0.500. The van der Waals surface area contributed by atoms with Crippen molar-refractivity contribution < 1.29 is 15.0 Å². The molecule has 0 spiro atoms. The zero-order chi connectivity index (χ0) is 13.7. The van der Waals surface area contributed by atoms with Gasteiger partial charge in [-0.2, -0.15) is 0 Å². The van der Waals surface area contributed by atoms with Gasteiger partial charge in [-0.3, -0.25) is 4.79 Å². The lowest BCUT2D eigenvalue weighted by Gasteiger charge is -2.21. The van der Waals surface area contributed by atoms with E-state index in [-0.39, 0.29) is 5.75 Å². The number of benzene rings is 1. The average Bonchev–Trinajstić information content (AvgIpc) is 2.33. The molecule has 0 amide bonds. The van der Waals surface area contributed by atoms with Crippen molar-refractivity contribution in [3.8, 4) is 5.75 Å². The fourth-order valence-electron chi connectivity index (χ4n) is 1.93. The molecule has 0 fully saturated rings. The van der Waals surface area contributed by atoms with Gasteiger partial charge in [0.15, 0.2) is 0 Å². The number of hydrogen-bond donors (Lipinski definition) is 2. The summed E-state index contributed by atoms with van der Waals surface area (Å²) in [7, 11) is 0. The third-order valence-corrected chi connectivity index (χ3v) is 3.15. The second kappa shape index (κ2) is 6.28. The molecule has 2 N–H and O–H groups in total. The van der Waals surface area contributed by atoms with Gasteiger partial charge in [0.1, 0.15) is 5.75 Å². The van der Waals surface area contributed by atoms with E-state index in [0.29, 0.717) is 12.0 Å². The number of phenolic OH excluding ortho intramolecular Hbond substituents is 1. The Kier molecular flexibility index (Phi) is 5.01. The Hall–Kier alpha value is -1.71. The standard InChI is InChI=1S/C14H21NO3/c1-4-15(5-2)12-7-6-11(13(16)9-12)8-10(3)14(17)18/h6-7,9-10,16H,4-5,8H2,1-3H3,(H,17,18). The largest absolute Gasteiger partial charge is 0.508 e. The van der Waals surface area contributed by atoms with Gasteiger partial charge in [-0.25, -0.2) is 0 Å². The average molecular weight is 251 g/mol. The first-order chi connectivity index (χ1) is 8.49. The maximum Gasteiger partial charge on any atom is 0.306 e. The number of carbonyl (C=O) groups is 1. The van der Waals surface area contributed by atoms with Crippen molar-refractivity contribution in [3.05, 3.63) is 23.8 Å². The van der Waals surface area contributed by atoms with Gasteiger partial charge in [0.2, 0.25) is 0 Å². The van der Waals surface area contributed by atoms with Crippen molar-refractivity contribution in [1.82, 2.24) is 0 Å². The first kappa shape index (κ1) is 14.4. The molecule has 18 heavy (non-hydrogen) atoms. The van der Waals surface area contributed by atoms with Crippen LogP contribution in [-0.4, -0.2) is 29.3 Å². The second-order valence-electron chi connectivity index (χ2n) is 4.43. The predicted molar refractivity (Wildman–Crippen MR) is 72.2 cm³/mol. The lowest BCUT2D eigenvalue weighted by atomic mass is 10.00. The van der Waals surface area contributed by atoms with E-state index in [1.54, 1.807) is 13.0 Å². The number of aliphatic carboxylic acids is 1. The summed E-state index contributed by atoms with van der Waals surface area (Å²) in [6.07, 6.45) is 0.347. The molecule has 100 valence electrons. The van der Waals surface area contributed by atoms with Crippen LogP contribution in [0.2, 0.25) is 0 Å². The first-order valence-corrected chi connectivity index (χ1v) is 6.29. The summed E-state index contributed by atoms with van der Waals surface area (Å²) in [5, 5.41) is 18.8. The first-order valence-electron chi connectivity index (χ1n) is 6.29. The molecule has 4 heteroatoms. The van der Waals surface area contributed by atoms with Gasteiger partial charge < -0.3 is 15.1 Å². The van der Waals surface area contributed by atoms with Gasteiger partial charge in [0.05, 0.1) is 5.92 Å². The normalized spacial score (nSPS) is 12.2. The van der Waals surface area contributed by atoms with Crippen molar-refractivity contribution in [1.29, 1.82) is 0 Å². The minimum absolute atomic E-state index is 0.174. The monoisotopic (exact) mass is 251 g/mol. The van der Waals surface area contributed by atoms with Crippen LogP contribution in [0.15, 0.2) is 18.2 Å². The molecule has 1 rings (SSSR count). The van der Waals surface area contributed by atoms with E-state index < -0.39 is 11.9 Å². The summed E-state index contributed by atoms with van der Waals surface area (Å²) >= 11 is 0. The molecule has 0 saturated carbocycles. The highest BCUT2D eigenvalue weighted by Gasteiger charge is 2.14. The molecule has 1 aromatic rings. The minimum atomic E-state index is -0.845. The molecule has 0 aliphatic rings. The van der Waals surface area contributed by atoms with Crippen LogP contribution in [0.3, 0.4) is 0 Å². The number of rotatable bonds is 6. The highest BCUT2D eigenvalue weighted by Crippen LogP contribution is 2.26. The summed E-state index contributed by atoms with van der Waals surface area (Å²) in [5.41, 5.74) is 1.64. The number of carboxylic acids is 1. The molecule has 1 aromatic carbocycles. The van der Waals surface area contributed by atoms with E-state index in [9.17, 15) is 9.90 Å². The van der Waals surface area contributed by atoms with Gasteiger partial charge in [-0.1, -0.05) is 13.0 Å². The van der Waals surface area contributed by atoms with Crippen LogP contribution in [-0.2, 0) is 11.2 Å². The second-order valence-corrected chi connectivity index (χ2v) is 4.43. The number of hydrogen-bond acceptors (Lipinski definition) is 3.